The van der Waals surface area contributed by atoms with Crippen molar-refractivity contribution in [3.63, 3.8) is 0 Å². The van der Waals surface area contributed by atoms with Crippen molar-refractivity contribution >= 4 is 27.7 Å². The van der Waals surface area contributed by atoms with Crippen LogP contribution in [0.15, 0.2) is 53.0 Å². The van der Waals surface area contributed by atoms with Gasteiger partial charge >= 0.3 is 0 Å². The normalized spacial score (nSPS) is 19.6. The SMILES string of the molecule is Cc1ccc(CNC(=O)[C@@]2(C)CCCN(C(=O)c3ccc(Br)cc3)C2)cc1. The van der Waals surface area contributed by atoms with Crippen molar-refractivity contribution in [3.8, 4) is 0 Å². The average molecular weight is 429 g/mol. The summed E-state index contributed by atoms with van der Waals surface area (Å²) in [5, 5.41) is 3.05. The van der Waals surface area contributed by atoms with E-state index in [0.29, 0.717) is 25.2 Å². The fraction of sp³-hybridized carbons (Fsp3) is 0.364. The second-order valence-electron chi connectivity index (χ2n) is 7.57. The second-order valence-corrected chi connectivity index (χ2v) is 8.48. The molecule has 3 rings (SSSR count). The standard InChI is InChI=1S/C22H25BrN2O2/c1-16-4-6-17(7-5-16)14-24-21(27)22(2)12-3-13-25(15-22)20(26)18-8-10-19(23)11-9-18/h4-11H,3,12-15H2,1-2H3,(H,24,27)/t22-/m0/s1. The number of nitrogens with one attached hydrogen (secondary N) is 1. The Balaban J connectivity index is 1.64. The Bertz CT molecular complexity index is 817. The van der Waals surface area contributed by atoms with Crippen molar-refractivity contribution < 1.29 is 9.59 Å². The molecule has 1 heterocycles. The Hall–Kier alpha value is -2.14. The third-order valence-corrected chi connectivity index (χ3v) is 5.73. The number of hydrogen-bond acceptors (Lipinski definition) is 2. The van der Waals surface area contributed by atoms with Gasteiger partial charge in [-0.2, -0.15) is 0 Å². The lowest BCUT2D eigenvalue weighted by Crippen LogP contribution is -2.51. The van der Waals surface area contributed by atoms with Gasteiger partial charge in [-0.1, -0.05) is 45.8 Å². The highest BCUT2D eigenvalue weighted by Crippen LogP contribution is 2.31. The third-order valence-electron chi connectivity index (χ3n) is 5.20. The van der Waals surface area contributed by atoms with Crippen LogP contribution < -0.4 is 5.32 Å². The summed E-state index contributed by atoms with van der Waals surface area (Å²) < 4.78 is 0.943. The molecule has 1 fully saturated rings. The summed E-state index contributed by atoms with van der Waals surface area (Å²) in [6.45, 7) is 5.65. The van der Waals surface area contributed by atoms with Crippen LogP contribution in [0.25, 0.3) is 0 Å². The van der Waals surface area contributed by atoms with Crippen molar-refractivity contribution in [2.45, 2.75) is 33.2 Å². The lowest BCUT2D eigenvalue weighted by molar-refractivity contribution is -0.132. The molecule has 0 saturated carbocycles. The lowest BCUT2D eigenvalue weighted by atomic mass is 9.80. The van der Waals surface area contributed by atoms with Crippen LogP contribution in [-0.4, -0.2) is 29.8 Å². The number of carbonyl (C=O) groups excluding carboxylic acids is 2. The van der Waals surface area contributed by atoms with E-state index in [4.69, 9.17) is 0 Å². The molecule has 4 nitrogen and oxygen atoms in total. The number of piperidine rings is 1. The van der Waals surface area contributed by atoms with Gasteiger partial charge in [0.05, 0.1) is 5.41 Å². The van der Waals surface area contributed by atoms with Crippen molar-refractivity contribution in [2.75, 3.05) is 13.1 Å². The van der Waals surface area contributed by atoms with Gasteiger partial charge in [0.2, 0.25) is 5.91 Å². The predicted octanol–water partition coefficient (Wildman–Crippen LogP) is 4.32. The quantitative estimate of drug-likeness (QED) is 0.787. The zero-order valence-corrected chi connectivity index (χ0v) is 17.4. The van der Waals surface area contributed by atoms with Gasteiger partial charge < -0.3 is 10.2 Å². The lowest BCUT2D eigenvalue weighted by Gasteiger charge is -2.39. The maximum Gasteiger partial charge on any atom is 0.253 e. The van der Waals surface area contributed by atoms with Crippen LogP contribution >= 0.6 is 15.9 Å². The van der Waals surface area contributed by atoms with Gasteiger partial charge in [0.1, 0.15) is 0 Å². The van der Waals surface area contributed by atoms with E-state index < -0.39 is 5.41 Å². The first-order valence-electron chi connectivity index (χ1n) is 9.26. The molecule has 0 bridgehead atoms. The molecule has 2 amide bonds. The number of nitrogens with zero attached hydrogens (tertiary/aromatic N) is 1. The van der Waals surface area contributed by atoms with Crippen LogP contribution in [0.3, 0.4) is 0 Å². The van der Waals surface area contributed by atoms with E-state index in [2.05, 4.69) is 21.2 Å². The van der Waals surface area contributed by atoms with E-state index in [0.717, 1.165) is 22.9 Å². The molecule has 1 saturated heterocycles. The van der Waals surface area contributed by atoms with E-state index in [9.17, 15) is 9.59 Å². The Labute approximate surface area is 169 Å². The summed E-state index contributed by atoms with van der Waals surface area (Å²) >= 11 is 3.39. The molecule has 0 aromatic heterocycles. The monoisotopic (exact) mass is 428 g/mol. The van der Waals surface area contributed by atoms with Crippen LogP contribution in [0.5, 0.6) is 0 Å². The fourth-order valence-electron chi connectivity index (χ4n) is 3.47. The van der Waals surface area contributed by atoms with Crippen molar-refractivity contribution in [1.29, 1.82) is 0 Å². The summed E-state index contributed by atoms with van der Waals surface area (Å²) in [5.74, 6) is -0.00357. The summed E-state index contributed by atoms with van der Waals surface area (Å²) in [7, 11) is 0. The summed E-state index contributed by atoms with van der Waals surface area (Å²) in [4.78, 5) is 27.5. The van der Waals surface area contributed by atoms with E-state index in [1.54, 1.807) is 4.90 Å². The highest BCUT2D eigenvalue weighted by Gasteiger charge is 2.39. The van der Waals surface area contributed by atoms with E-state index in [1.165, 1.54) is 5.56 Å². The van der Waals surface area contributed by atoms with Crippen LogP contribution in [0.4, 0.5) is 0 Å². The van der Waals surface area contributed by atoms with E-state index in [-0.39, 0.29) is 11.8 Å². The molecule has 0 radical (unpaired) electrons. The minimum Gasteiger partial charge on any atom is -0.351 e. The minimum atomic E-state index is -0.562. The number of carbonyl (C=O) groups is 2. The number of hydrogen-bond donors (Lipinski definition) is 1. The van der Waals surface area contributed by atoms with Crippen molar-refractivity contribution in [2.24, 2.45) is 5.41 Å². The van der Waals surface area contributed by atoms with Gasteiger partial charge in [-0.15, -0.1) is 0 Å². The zero-order chi connectivity index (χ0) is 19.4. The van der Waals surface area contributed by atoms with Gasteiger partial charge in [0.25, 0.3) is 5.91 Å². The van der Waals surface area contributed by atoms with Crippen LogP contribution in [0.2, 0.25) is 0 Å². The number of amides is 2. The van der Waals surface area contributed by atoms with Gasteiger partial charge in [-0.25, -0.2) is 0 Å². The molecule has 27 heavy (non-hydrogen) atoms. The summed E-state index contributed by atoms with van der Waals surface area (Å²) in [6, 6.07) is 15.5. The Morgan fingerprint density at radius 3 is 2.44 bits per heavy atom. The molecule has 2 aromatic rings. The summed E-state index contributed by atoms with van der Waals surface area (Å²) in [5.41, 5.74) is 2.37. The molecule has 1 aliphatic rings. The highest BCUT2D eigenvalue weighted by atomic mass is 79.9. The average Bonchev–Trinajstić information content (AvgIpc) is 2.67. The molecular weight excluding hydrogens is 404 g/mol. The topological polar surface area (TPSA) is 49.4 Å². The molecule has 5 heteroatoms. The number of aryl methyl sites for hydroxylation is 1. The largest absolute Gasteiger partial charge is 0.351 e. The molecular formula is C22H25BrN2O2. The first kappa shape index (κ1) is 19.6. The minimum absolute atomic E-state index is 0.0105. The maximum absolute atomic E-state index is 12.9. The summed E-state index contributed by atoms with van der Waals surface area (Å²) in [6.07, 6.45) is 1.62. The number of likely N-dealkylation sites (tertiary alicyclic amines) is 1. The maximum atomic E-state index is 12.9. The van der Waals surface area contributed by atoms with Crippen LogP contribution in [0.1, 0.15) is 41.3 Å². The molecule has 1 N–H and O–H groups in total. The number of halogens is 1. The van der Waals surface area contributed by atoms with Crippen LogP contribution in [0, 0.1) is 12.3 Å². The Morgan fingerprint density at radius 2 is 1.78 bits per heavy atom. The smallest absolute Gasteiger partial charge is 0.253 e. The third kappa shape index (κ3) is 4.78. The molecule has 2 aromatic carbocycles. The predicted molar refractivity (Wildman–Crippen MR) is 110 cm³/mol. The Morgan fingerprint density at radius 1 is 1.11 bits per heavy atom. The van der Waals surface area contributed by atoms with E-state index >= 15 is 0 Å². The van der Waals surface area contributed by atoms with Gasteiger partial charge in [-0.3, -0.25) is 9.59 Å². The van der Waals surface area contributed by atoms with Gasteiger partial charge in [0.15, 0.2) is 0 Å². The van der Waals surface area contributed by atoms with Crippen LogP contribution in [-0.2, 0) is 11.3 Å². The number of rotatable bonds is 4. The molecule has 0 aliphatic carbocycles. The highest BCUT2D eigenvalue weighted by molar-refractivity contribution is 9.10. The van der Waals surface area contributed by atoms with E-state index in [1.807, 2.05) is 62.4 Å². The second kappa shape index (κ2) is 8.26. The van der Waals surface area contributed by atoms with Crippen molar-refractivity contribution in [3.05, 3.63) is 69.7 Å². The zero-order valence-electron chi connectivity index (χ0n) is 15.8. The number of benzene rings is 2. The van der Waals surface area contributed by atoms with Gasteiger partial charge in [-0.05, 0) is 56.5 Å². The Kier molecular flexibility index (Phi) is 6.00. The molecule has 0 spiro atoms. The van der Waals surface area contributed by atoms with Gasteiger partial charge in [0, 0.05) is 29.7 Å². The van der Waals surface area contributed by atoms with Crippen molar-refractivity contribution in [1.82, 2.24) is 10.2 Å². The molecule has 142 valence electrons. The first-order chi connectivity index (χ1) is 12.9. The molecule has 1 atom stereocenters. The molecule has 1 aliphatic heterocycles. The molecule has 0 unspecified atom stereocenters. The first-order valence-corrected chi connectivity index (χ1v) is 10.1. The fourth-order valence-corrected chi connectivity index (χ4v) is 3.74.